The summed E-state index contributed by atoms with van der Waals surface area (Å²) in [7, 11) is 0. The van der Waals surface area contributed by atoms with Gasteiger partial charge in [0.25, 0.3) is 0 Å². The number of aliphatic hydroxyl groups excluding tert-OH is 1. The first-order chi connectivity index (χ1) is 12.0. The molecule has 6 nitrogen and oxygen atoms in total. The smallest absolute Gasteiger partial charge is 0.330 e. The lowest BCUT2D eigenvalue weighted by Gasteiger charge is -2.47. The minimum atomic E-state index is -0.986. The zero-order valence-electron chi connectivity index (χ0n) is 14.5. The average molecular weight is 348 g/mol. The molecule has 1 aromatic rings. The largest absolute Gasteiger partial charge is 0.463 e. The first kappa shape index (κ1) is 18.1. The highest BCUT2D eigenvalue weighted by Gasteiger charge is 2.47. The quantitative estimate of drug-likeness (QED) is 0.664. The van der Waals surface area contributed by atoms with E-state index in [2.05, 4.69) is 0 Å². The van der Waals surface area contributed by atoms with Crippen LogP contribution in [0.25, 0.3) is 0 Å². The number of aliphatic hydroxyl groups is 1. The molecular formula is C19H24O6. The molecule has 0 aliphatic carbocycles. The van der Waals surface area contributed by atoms with Crippen LogP contribution in [0.3, 0.4) is 0 Å². The summed E-state index contributed by atoms with van der Waals surface area (Å²) >= 11 is 0. The molecule has 0 aromatic heterocycles. The molecule has 0 spiro atoms. The minimum Gasteiger partial charge on any atom is -0.463 e. The van der Waals surface area contributed by atoms with Gasteiger partial charge in [0.15, 0.2) is 6.29 Å². The van der Waals surface area contributed by atoms with Gasteiger partial charge in [0.2, 0.25) is 0 Å². The third-order valence-electron chi connectivity index (χ3n) is 4.56. The Morgan fingerprint density at radius 2 is 2.12 bits per heavy atom. The molecule has 2 aliphatic heterocycles. The molecule has 0 radical (unpaired) electrons. The molecule has 0 saturated carbocycles. The summed E-state index contributed by atoms with van der Waals surface area (Å²) in [5.41, 5.74) is -0.0498. The van der Waals surface area contributed by atoms with Gasteiger partial charge >= 0.3 is 5.97 Å². The molecule has 2 fully saturated rings. The van der Waals surface area contributed by atoms with Crippen molar-refractivity contribution in [2.45, 2.75) is 50.5 Å². The van der Waals surface area contributed by atoms with Gasteiger partial charge in [0.05, 0.1) is 25.4 Å². The summed E-state index contributed by atoms with van der Waals surface area (Å²) in [4.78, 5) is 11.5. The molecule has 5 atom stereocenters. The molecule has 25 heavy (non-hydrogen) atoms. The summed E-state index contributed by atoms with van der Waals surface area (Å²) < 4.78 is 22.6. The summed E-state index contributed by atoms with van der Waals surface area (Å²) in [6.07, 6.45) is 1.42. The van der Waals surface area contributed by atoms with Crippen molar-refractivity contribution in [2.75, 3.05) is 13.2 Å². The van der Waals surface area contributed by atoms with Crippen molar-refractivity contribution >= 4 is 5.97 Å². The Morgan fingerprint density at radius 1 is 1.36 bits per heavy atom. The van der Waals surface area contributed by atoms with Crippen molar-refractivity contribution < 1.29 is 28.8 Å². The zero-order valence-corrected chi connectivity index (χ0v) is 14.5. The van der Waals surface area contributed by atoms with E-state index in [1.165, 1.54) is 6.08 Å². The highest BCUT2D eigenvalue weighted by atomic mass is 16.7. The second kappa shape index (κ2) is 7.66. The van der Waals surface area contributed by atoms with Crippen molar-refractivity contribution in [2.24, 2.45) is 0 Å². The highest BCUT2D eigenvalue weighted by Crippen LogP contribution is 2.38. The molecule has 6 heteroatoms. The molecule has 1 N–H and O–H groups in total. The molecule has 136 valence electrons. The Labute approximate surface area is 147 Å². The molecule has 0 amide bonds. The molecule has 0 bridgehead atoms. The van der Waals surface area contributed by atoms with E-state index in [0.717, 1.165) is 5.56 Å². The SMILES string of the molecule is CCOC(=O)/C=C/[C@]1(C)O[C@@H]2CO[C@@H](c3ccccc3)O[C@H]2C[C@H]1O. The van der Waals surface area contributed by atoms with Gasteiger partial charge in [0, 0.05) is 18.1 Å². The molecule has 2 heterocycles. The number of fused-ring (bicyclic) bond motifs is 1. The summed E-state index contributed by atoms with van der Waals surface area (Å²) in [6.45, 7) is 4.15. The van der Waals surface area contributed by atoms with E-state index in [-0.39, 0.29) is 12.2 Å². The number of carbonyl (C=O) groups is 1. The number of hydrogen-bond donors (Lipinski definition) is 1. The van der Waals surface area contributed by atoms with Crippen LogP contribution < -0.4 is 0 Å². The fourth-order valence-electron chi connectivity index (χ4n) is 3.11. The van der Waals surface area contributed by atoms with Crippen molar-refractivity contribution in [3.8, 4) is 0 Å². The van der Waals surface area contributed by atoms with Crippen LogP contribution in [0.2, 0.25) is 0 Å². The lowest BCUT2D eigenvalue weighted by Crippen LogP contribution is -2.57. The molecule has 2 aliphatic rings. The summed E-state index contributed by atoms with van der Waals surface area (Å²) in [5, 5.41) is 10.5. The Kier molecular flexibility index (Phi) is 5.54. The summed E-state index contributed by atoms with van der Waals surface area (Å²) in [6, 6.07) is 9.67. The van der Waals surface area contributed by atoms with Crippen molar-refractivity contribution in [1.82, 2.24) is 0 Å². The van der Waals surface area contributed by atoms with Gasteiger partial charge < -0.3 is 24.1 Å². The number of hydrogen-bond acceptors (Lipinski definition) is 6. The van der Waals surface area contributed by atoms with Gasteiger partial charge in [-0.25, -0.2) is 4.79 Å². The topological polar surface area (TPSA) is 74.2 Å². The van der Waals surface area contributed by atoms with Crippen molar-refractivity contribution in [3.63, 3.8) is 0 Å². The maximum atomic E-state index is 11.5. The van der Waals surface area contributed by atoms with Crippen LogP contribution in [-0.2, 0) is 23.7 Å². The van der Waals surface area contributed by atoms with Crippen LogP contribution >= 0.6 is 0 Å². The number of benzene rings is 1. The second-order valence-electron chi connectivity index (χ2n) is 6.43. The Bertz CT molecular complexity index is 616. The minimum absolute atomic E-state index is 0.266. The molecular weight excluding hydrogens is 324 g/mol. The lowest BCUT2D eigenvalue weighted by molar-refractivity contribution is -0.312. The van der Waals surface area contributed by atoms with Gasteiger partial charge in [-0.15, -0.1) is 0 Å². The average Bonchev–Trinajstić information content (AvgIpc) is 2.62. The monoisotopic (exact) mass is 348 g/mol. The van der Waals surface area contributed by atoms with E-state index in [9.17, 15) is 9.90 Å². The second-order valence-corrected chi connectivity index (χ2v) is 6.43. The van der Waals surface area contributed by atoms with Crippen LogP contribution in [0.1, 0.15) is 32.1 Å². The maximum absolute atomic E-state index is 11.5. The molecule has 3 rings (SSSR count). The predicted octanol–water partition coefficient (Wildman–Crippen LogP) is 2.13. The summed E-state index contributed by atoms with van der Waals surface area (Å²) in [5.74, 6) is -0.457. The van der Waals surface area contributed by atoms with Gasteiger partial charge in [-0.1, -0.05) is 30.3 Å². The zero-order chi connectivity index (χ0) is 17.9. The van der Waals surface area contributed by atoms with E-state index in [1.807, 2.05) is 30.3 Å². The van der Waals surface area contributed by atoms with E-state index in [1.54, 1.807) is 19.9 Å². The van der Waals surface area contributed by atoms with Crippen LogP contribution in [0.5, 0.6) is 0 Å². The van der Waals surface area contributed by atoms with E-state index in [0.29, 0.717) is 19.6 Å². The van der Waals surface area contributed by atoms with E-state index < -0.39 is 24.0 Å². The van der Waals surface area contributed by atoms with Gasteiger partial charge in [-0.3, -0.25) is 0 Å². The van der Waals surface area contributed by atoms with Gasteiger partial charge in [-0.05, 0) is 19.9 Å². The normalized spacial score (nSPS) is 35.3. The number of esters is 1. The highest BCUT2D eigenvalue weighted by molar-refractivity contribution is 5.82. The lowest BCUT2D eigenvalue weighted by atomic mass is 9.87. The standard InChI is InChI=1S/C19H24O6/c1-3-22-17(21)9-10-19(2)16(20)11-14-15(25-19)12-23-18(24-14)13-7-5-4-6-8-13/h4-10,14-16,18,20H,3,11-12H2,1-2H3/b10-9+/t14-,15+,16+,18+,19-/m0/s1. The number of rotatable bonds is 4. The molecule has 2 saturated heterocycles. The molecule has 0 unspecified atom stereocenters. The van der Waals surface area contributed by atoms with Gasteiger partial charge in [0.1, 0.15) is 11.7 Å². The number of carbonyl (C=O) groups excluding carboxylic acids is 1. The van der Waals surface area contributed by atoms with Crippen LogP contribution in [-0.4, -0.2) is 48.2 Å². The van der Waals surface area contributed by atoms with Crippen LogP contribution in [0, 0.1) is 0 Å². The fourth-order valence-corrected chi connectivity index (χ4v) is 3.11. The number of ether oxygens (including phenoxy) is 4. The Morgan fingerprint density at radius 3 is 2.84 bits per heavy atom. The van der Waals surface area contributed by atoms with Crippen LogP contribution in [0.4, 0.5) is 0 Å². The third-order valence-corrected chi connectivity index (χ3v) is 4.56. The van der Waals surface area contributed by atoms with Crippen LogP contribution in [0.15, 0.2) is 42.5 Å². The van der Waals surface area contributed by atoms with Crippen molar-refractivity contribution in [3.05, 3.63) is 48.0 Å². The van der Waals surface area contributed by atoms with Crippen molar-refractivity contribution in [1.29, 1.82) is 0 Å². The predicted molar refractivity (Wildman–Crippen MR) is 89.7 cm³/mol. The fraction of sp³-hybridized carbons (Fsp3) is 0.526. The van der Waals surface area contributed by atoms with E-state index >= 15 is 0 Å². The third kappa shape index (κ3) is 4.10. The Balaban J connectivity index is 1.66. The Hall–Kier alpha value is -1.73. The first-order valence-electron chi connectivity index (χ1n) is 8.55. The van der Waals surface area contributed by atoms with Gasteiger partial charge in [-0.2, -0.15) is 0 Å². The van der Waals surface area contributed by atoms with E-state index in [4.69, 9.17) is 18.9 Å². The maximum Gasteiger partial charge on any atom is 0.330 e. The first-order valence-corrected chi connectivity index (χ1v) is 8.55. The molecule has 1 aromatic carbocycles.